The molecule has 0 aliphatic heterocycles. The van der Waals surface area contributed by atoms with Crippen LogP contribution in [0.5, 0.6) is 0 Å². The molecule has 0 aliphatic rings. The fourth-order valence-electron chi connectivity index (χ4n) is 2.21. The van der Waals surface area contributed by atoms with Crippen LogP contribution in [0.2, 0.25) is 5.28 Å². The molecule has 3 aromatic rings. The molecule has 0 atom stereocenters. The molecule has 4 heteroatoms. The van der Waals surface area contributed by atoms with Gasteiger partial charge in [0.25, 0.3) is 0 Å². The Morgan fingerprint density at radius 3 is 2.45 bits per heavy atom. The van der Waals surface area contributed by atoms with Crippen molar-refractivity contribution in [2.24, 2.45) is 0 Å². The number of hydrogen-bond donors (Lipinski definition) is 0. The predicted octanol–water partition coefficient (Wildman–Crippen LogP) is 4.20. The first-order valence-corrected chi connectivity index (χ1v) is 6.78. The highest BCUT2D eigenvalue weighted by Gasteiger charge is 2.15. The Morgan fingerprint density at radius 2 is 1.70 bits per heavy atom. The lowest BCUT2D eigenvalue weighted by atomic mass is 10.1. The van der Waals surface area contributed by atoms with Crippen molar-refractivity contribution in [3.63, 3.8) is 0 Å². The molecule has 0 spiro atoms. The third kappa shape index (κ3) is 2.21. The molecule has 0 aliphatic carbocycles. The molecule has 0 bridgehead atoms. The van der Waals surface area contributed by atoms with Crippen LogP contribution in [0.15, 0.2) is 48.5 Å². The third-order valence-electron chi connectivity index (χ3n) is 3.26. The van der Waals surface area contributed by atoms with Gasteiger partial charge < -0.3 is 0 Å². The average molecular weight is 284 g/mol. The summed E-state index contributed by atoms with van der Waals surface area (Å²) in [6.45, 7) is 4.11. The molecule has 0 amide bonds. The Hall–Kier alpha value is -2.13. The topological polar surface area (TPSA) is 30.7 Å². The van der Waals surface area contributed by atoms with Gasteiger partial charge in [-0.25, -0.2) is 0 Å². The molecule has 0 fully saturated rings. The highest BCUT2D eigenvalue weighted by Crippen LogP contribution is 2.27. The van der Waals surface area contributed by atoms with Crippen LogP contribution in [0.25, 0.3) is 17.1 Å². The van der Waals surface area contributed by atoms with Gasteiger partial charge in [0.05, 0.1) is 5.69 Å². The van der Waals surface area contributed by atoms with E-state index in [1.54, 1.807) is 0 Å². The number of rotatable bonds is 2. The fraction of sp³-hybridized carbons (Fsp3) is 0.125. The van der Waals surface area contributed by atoms with Crippen molar-refractivity contribution >= 4 is 11.6 Å². The van der Waals surface area contributed by atoms with Crippen LogP contribution >= 0.6 is 11.6 Å². The maximum atomic E-state index is 6.24. The Morgan fingerprint density at radius 1 is 0.950 bits per heavy atom. The Bertz CT molecular complexity index is 748. The van der Waals surface area contributed by atoms with Gasteiger partial charge in [-0.3, -0.25) is 4.57 Å². The summed E-state index contributed by atoms with van der Waals surface area (Å²) in [5.74, 6) is 0.754. The van der Waals surface area contributed by atoms with Gasteiger partial charge >= 0.3 is 0 Å². The molecular formula is C16H14ClN3. The predicted molar refractivity (Wildman–Crippen MR) is 81.3 cm³/mol. The average Bonchev–Trinajstić information content (AvgIpc) is 2.84. The van der Waals surface area contributed by atoms with Crippen molar-refractivity contribution in [3.8, 4) is 17.1 Å². The van der Waals surface area contributed by atoms with E-state index >= 15 is 0 Å². The summed E-state index contributed by atoms with van der Waals surface area (Å²) in [5.41, 5.74) is 4.32. The molecule has 0 saturated heterocycles. The first-order chi connectivity index (χ1) is 9.66. The summed E-state index contributed by atoms with van der Waals surface area (Å²) in [6.07, 6.45) is 0. The molecule has 0 saturated carbocycles. The van der Waals surface area contributed by atoms with E-state index in [0.29, 0.717) is 5.28 Å². The van der Waals surface area contributed by atoms with Crippen molar-refractivity contribution < 1.29 is 0 Å². The molecule has 2 aromatic carbocycles. The van der Waals surface area contributed by atoms with Gasteiger partial charge in [0, 0.05) is 5.56 Å². The Kier molecular flexibility index (Phi) is 3.28. The maximum Gasteiger partial charge on any atom is 0.229 e. The van der Waals surface area contributed by atoms with Crippen molar-refractivity contribution in [1.29, 1.82) is 0 Å². The van der Waals surface area contributed by atoms with Crippen LogP contribution < -0.4 is 0 Å². The lowest BCUT2D eigenvalue weighted by Gasteiger charge is -2.11. The second-order valence-electron chi connectivity index (χ2n) is 4.78. The van der Waals surface area contributed by atoms with Crippen LogP contribution in [0, 0.1) is 13.8 Å². The monoisotopic (exact) mass is 283 g/mol. The molecule has 1 aromatic heterocycles. The minimum absolute atomic E-state index is 0.373. The highest BCUT2D eigenvalue weighted by molar-refractivity contribution is 6.28. The number of nitrogens with zero attached hydrogens (tertiary/aromatic N) is 3. The maximum absolute atomic E-state index is 6.24. The summed E-state index contributed by atoms with van der Waals surface area (Å²) in [5, 5.41) is 8.61. The van der Waals surface area contributed by atoms with E-state index < -0.39 is 0 Å². The zero-order chi connectivity index (χ0) is 14.1. The second-order valence-corrected chi connectivity index (χ2v) is 5.12. The number of aromatic nitrogens is 3. The lowest BCUT2D eigenvalue weighted by Crippen LogP contribution is -2.00. The minimum atomic E-state index is 0.373. The zero-order valence-corrected chi connectivity index (χ0v) is 12.1. The normalized spacial score (nSPS) is 10.8. The van der Waals surface area contributed by atoms with Crippen LogP contribution in [0.3, 0.4) is 0 Å². The van der Waals surface area contributed by atoms with E-state index in [-0.39, 0.29) is 0 Å². The third-order valence-corrected chi connectivity index (χ3v) is 3.51. The molecule has 0 unspecified atom stereocenters. The zero-order valence-electron chi connectivity index (χ0n) is 11.3. The van der Waals surface area contributed by atoms with Crippen LogP contribution in [0.1, 0.15) is 11.1 Å². The van der Waals surface area contributed by atoms with Gasteiger partial charge in [0.1, 0.15) is 0 Å². The number of hydrogen-bond acceptors (Lipinski definition) is 2. The molecule has 3 rings (SSSR count). The number of halogens is 1. The van der Waals surface area contributed by atoms with Crippen molar-refractivity contribution in [2.45, 2.75) is 13.8 Å². The van der Waals surface area contributed by atoms with E-state index in [9.17, 15) is 0 Å². The summed E-state index contributed by atoms with van der Waals surface area (Å²) in [6, 6.07) is 16.2. The highest BCUT2D eigenvalue weighted by atomic mass is 35.5. The van der Waals surface area contributed by atoms with Gasteiger partial charge in [0.2, 0.25) is 5.28 Å². The van der Waals surface area contributed by atoms with Gasteiger partial charge in [-0.1, -0.05) is 42.5 Å². The first-order valence-electron chi connectivity index (χ1n) is 6.41. The first kappa shape index (κ1) is 12.9. The van der Waals surface area contributed by atoms with Crippen molar-refractivity contribution in [2.75, 3.05) is 0 Å². The quantitative estimate of drug-likeness (QED) is 0.705. The van der Waals surface area contributed by atoms with E-state index in [0.717, 1.165) is 22.6 Å². The molecule has 100 valence electrons. The van der Waals surface area contributed by atoms with Gasteiger partial charge in [0.15, 0.2) is 5.82 Å². The van der Waals surface area contributed by atoms with Crippen LogP contribution in [-0.4, -0.2) is 14.8 Å². The Balaban J connectivity index is 2.24. The molecule has 3 nitrogen and oxygen atoms in total. The van der Waals surface area contributed by atoms with Crippen LogP contribution in [0.4, 0.5) is 0 Å². The number of aryl methyl sites for hydroxylation is 2. The summed E-state index contributed by atoms with van der Waals surface area (Å²) < 4.78 is 1.89. The number of benzene rings is 2. The van der Waals surface area contributed by atoms with E-state index in [4.69, 9.17) is 11.6 Å². The van der Waals surface area contributed by atoms with E-state index in [1.807, 2.05) is 34.9 Å². The summed E-state index contributed by atoms with van der Waals surface area (Å²) in [7, 11) is 0. The van der Waals surface area contributed by atoms with Gasteiger partial charge in [-0.2, -0.15) is 0 Å². The minimum Gasteiger partial charge on any atom is -0.265 e. The SMILES string of the molecule is Cc1ccc(C)c(-n2c(Cl)nnc2-c2ccccc2)c1. The van der Waals surface area contributed by atoms with Gasteiger partial charge in [-0.15, -0.1) is 10.2 Å². The lowest BCUT2D eigenvalue weighted by molar-refractivity contribution is 1.04. The van der Waals surface area contributed by atoms with Crippen molar-refractivity contribution in [3.05, 3.63) is 64.9 Å². The second kappa shape index (κ2) is 5.10. The largest absolute Gasteiger partial charge is 0.265 e. The molecule has 1 heterocycles. The smallest absolute Gasteiger partial charge is 0.229 e. The van der Waals surface area contributed by atoms with Crippen molar-refractivity contribution in [1.82, 2.24) is 14.8 Å². The van der Waals surface area contributed by atoms with Gasteiger partial charge in [-0.05, 0) is 42.6 Å². The van der Waals surface area contributed by atoms with E-state index in [1.165, 1.54) is 5.56 Å². The van der Waals surface area contributed by atoms with Crippen LogP contribution in [-0.2, 0) is 0 Å². The Labute approximate surface area is 122 Å². The summed E-state index contributed by atoms with van der Waals surface area (Å²) in [4.78, 5) is 0. The molecule has 0 N–H and O–H groups in total. The fourth-order valence-corrected chi connectivity index (χ4v) is 2.42. The molecule has 0 radical (unpaired) electrons. The van der Waals surface area contributed by atoms with E-state index in [2.05, 4.69) is 42.2 Å². The summed E-state index contributed by atoms with van der Waals surface area (Å²) >= 11 is 6.24. The standard InChI is InChI=1S/C16H14ClN3/c1-11-8-9-12(2)14(10-11)20-15(18-19-16(20)17)13-6-4-3-5-7-13/h3-10H,1-2H3. The molecular weight excluding hydrogens is 270 g/mol. The molecule has 20 heavy (non-hydrogen) atoms.